The molecule has 106 valence electrons. The van der Waals surface area contributed by atoms with Crippen LogP contribution in [0.5, 0.6) is 5.75 Å². The summed E-state index contributed by atoms with van der Waals surface area (Å²) in [6.07, 6.45) is -4.46. The van der Waals surface area contributed by atoms with Gasteiger partial charge in [0.15, 0.2) is 5.78 Å². The highest BCUT2D eigenvalue weighted by Gasteiger charge is 2.32. The Hall–Kier alpha value is -1.23. The first-order valence-corrected chi connectivity index (χ1v) is 5.98. The molecule has 1 unspecified atom stereocenters. The van der Waals surface area contributed by atoms with E-state index in [1.54, 1.807) is 20.8 Å². The normalized spacial score (nSPS) is 14.1. The minimum Gasteiger partial charge on any atom is -0.467 e. The first-order chi connectivity index (χ1) is 8.51. The molecule has 0 aliphatic carbocycles. The van der Waals surface area contributed by atoms with Gasteiger partial charge in [0.05, 0.1) is 5.56 Å². The Morgan fingerprint density at radius 1 is 1.26 bits per heavy atom. The van der Waals surface area contributed by atoms with E-state index in [1.165, 1.54) is 12.1 Å². The zero-order valence-electron chi connectivity index (χ0n) is 10.7. The number of carbonyl (C=O) groups is 1. The molecule has 1 atom stereocenters. The van der Waals surface area contributed by atoms with Gasteiger partial charge >= 0.3 is 6.18 Å². The van der Waals surface area contributed by atoms with Gasteiger partial charge in [-0.05, 0) is 18.2 Å². The first-order valence-electron chi connectivity index (χ1n) is 5.54. The lowest BCUT2D eigenvalue weighted by molar-refractivity contribution is -0.137. The van der Waals surface area contributed by atoms with E-state index in [0.29, 0.717) is 0 Å². The third kappa shape index (κ3) is 4.42. The minimum atomic E-state index is -4.46. The lowest BCUT2D eigenvalue weighted by Crippen LogP contribution is -2.32. The molecule has 0 saturated heterocycles. The molecule has 0 saturated carbocycles. The van der Waals surface area contributed by atoms with Crippen molar-refractivity contribution in [3.63, 3.8) is 0 Å². The second-order valence-electron chi connectivity index (χ2n) is 5.07. The van der Waals surface area contributed by atoms with Crippen molar-refractivity contribution in [1.29, 1.82) is 0 Å². The van der Waals surface area contributed by atoms with Crippen molar-refractivity contribution in [2.45, 2.75) is 32.5 Å². The lowest BCUT2D eigenvalue weighted by atomic mass is 9.91. The summed E-state index contributed by atoms with van der Waals surface area (Å²) in [6.45, 7) is 4.96. The van der Waals surface area contributed by atoms with Gasteiger partial charge in [0.2, 0.25) is 5.56 Å². The summed E-state index contributed by atoms with van der Waals surface area (Å²) in [6, 6.07) is 4.25. The number of hydrogen-bond donors (Lipinski definition) is 0. The van der Waals surface area contributed by atoms with Crippen LogP contribution >= 0.6 is 11.6 Å². The van der Waals surface area contributed by atoms with Crippen LogP contribution < -0.4 is 4.74 Å². The van der Waals surface area contributed by atoms with E-state index >= 15 is 0 Å². The topological polar surface area (TPSA) is 26.3 Å². The van der Waals surface area contributed by atoms with Crippen molar-refractivity contribution in [1.82, 2.24) is 0 Å². The van der Waals surface area contributed by atoms with Gasteiger partial charge in [0.25, 0.3) is 0 Å². The third-order valence-electron chi connectivity index (χ3n) is 2.35. The SMILES string of the molecule is CC(C)(C)C(=O)C(Cl)Oc1cccc(C(F)(F)F)c1. The Morgan fingerprint density at radius 3 is 2.32 bits per heavy atom. The Morgan fingerprint density at radius 2 is 1.84 bits per heavy atom. The number of ether oxygens (including phenoxy) is 1. The molecule has 1 aromatic carbocycles. The zero-order valence-corrected chi connectivity index (χ0v) is 11.5. The fourth-order valence-corrected chi connectivity index (χ4v) is 1.69. The molecule has 0 spiro atoms. The number of carbonyl (C=O) groups excluding carboxylic acids is 1. The van der Waals surface area contributed by atoms with Crippen molar-refractivity contribution < 1.29 is 22.7 Å². The molecule has 0 aliphatic heterocycles. The van der Waals surface area contributed by atoms with Gasteiger partial charge in [-0.2, -0.15) is 13.2 Å². The Labute approximate surface area is 114 Å². The summed E-state index contributed by atoms with van der Waals surface area (Å²) >= 11 is 5.76. The fraction of sp³-hybridized carbons (Fsp3) is 0.462. The molecular formula is C13H14ClF3O2. The molecule has 0 bridgehead atoms. The average molecular weight is 295 g/mol. The number of hydrogen-bond acceptors (Lipinski definition) is 2. The standard InChI is InChI=1S/C13H14ClF3O2/c1-12(2,3)10(18)11(14)19-9-6-4-5-8(7-9)13(15,16)17/h4-7,11H,1-3H3. The smallest absolute Gasteiger partial charge is 0.416 e. The number of benzene rings is 1. The third-order valence-corrected chi connectivity index (χ3v) is 2.63. The molecule has 0 amide bonds. The Bertz CT molecular complexity index is 464. The first kappa shape index (κ1) is 15.8. The molecule has 0 heterocycles. The van der Waals surface area contributed by atoms with E-state index in [0.717, 1.165) is 12.1 Å². The molecular weight excluding hydrogens is 281 g/mol. The Kier molecular flexibility index (Phi) is 4.50. The molecule has 0 aliphatic rings. The van der Waals surface area contributed by atoms with Crippen molar-refractivity contribution >= 4 is 17.4 Å². The van der Waals surface area contributed by atoms with Gasteiger partial charge in [0, 0.05) is 5.41 Å². The highest BCUT2D eigenvalue weighted by atomic mass is 35.5. The van der Waals surface area contributed by atoms with E-state index in [9.17, 15) is 18.0 Å². The molecule has 0 radical (unpaired) electrons. The van der Waals surface area contributed by atoms with Crippen molar-refractivity contribution in [2.24, 2.45) is 5.41 Å². The van der Waals surface area contributed by atoms with Crippen LogP contribution in [0.3, 0.4) is 0 Å². The molecule has 0 aromatic heterocycles. The van der Waals surface area contributed by atoms with E-state index in [1.807, 2.05) is 0 Å². The molecule has 1 rings (SSSR count). The van der Waals surface area contributed by atoms with E-state index in [4.69, 9.17) is 16.3 Å². The fourth-order valence-electron chi connectivity index (χ4n) is 1.26. The van der Waals surface area contributed by atoms with E-state index in [2.05, 4.69) is 0 Å². The predicted octanol–water partition coefficient (Wildman–Crippen LogP) is 4.26. The van der Waals surface area contributed by atoms with Gasteiger partial charge in [-0.1, -0.05) is 38.4 Å². The lowest BCUT2D eigenvalue weighted by Gasteiger charge is -2.21. The van der Waals surface area contributed by atoms with Crippen LogP contribution in [0.25, 0.3) is 0 Å². The quantitative estimate of drug-likeness (QED) is 0.778. The van der Waals surface area contributed by atoms with Crippen LogP contribution in [0.15, 0.2) is 24.3 Å². The van der Waals surface area contributed by atoms with Crippen LogP contribution in [-0.2, 0) is 11.0 Å². The average Bonchev–Trinajstić information content (AvgIpc) is 2.26. The van der Waals surface area contributed by atoms with Gasteiger partial charge in [-0.3, -0.25) is 4.79 Å². The summed E-state index contributed by atoms with van der Waals surface area (Å²) < 4.78 is 42.5. The second kappa shape index (κ2) is 5.41. The molecule has 6 heteroatoms. The highest BCUT2D eigenvalue weighted by molar-refractivity contribution is 6.30. The predicted molar refractivity (Wildman–Crippen MR) is 66.2 cm³/mol. The molecule has 0 N–H and O–H groups in total. The second-order valence-corrected chi connectivity index (χ2v) is 5.47. The monoisotopic (exact) mass is 294 g/mol. The summed E-state index contributed by atoms with van der Waals surface area (Å²) in [5, 5.41) is 0. The molecule has 19 heavy (non-hydrogen) atoms. The summed E-state index contributed by atoms with van der Waals surface area (Å²) in [4.78, 5) is 11.8. The largest absolute Gasteiger partial charge is 0.467 e. The van der Waals surface area contributed by atoms with Crippen LogP contribution in [0.2, 0.25) is 0 Å². The highest BCUT2D eigenvalue weighted by Crippen LogP contribution is 2.32. The van der Waals surface area contributed by atoms with E-state index in [-0.39, 0.29) is 5.75 Å². The van der Waals surface area contributed by atoms with Crippen LogP contribution in [0, 0.1) is 5.41 Å². The summed E-state index contributed by atoms with van der Waals surface area (Å²) in [5.74, 6) is -0.487. The number of Topliss-reactive ketones (excluding diaryl/α,β-unsaturated/α-hetero) is 1. The number of halogens is 4. The molecule has 1 aromatic rings. The number of rotatable bonds is 3. The molecule has 2 nitrogen and oxygen atoms in total. The van der Waals surface area contributed by atoms with Crippen molar-refractivity contribution in [2.75, 3.05) is 0 Å². The van der Waals surface area contributed by atoms with Gasteiger partial charge in [0.1, 0.15) is 5.75 Å². The van der Waals surface area contributed by atoms with Crippen LogP contribution in [0.1, 0.15) is 26.3 Å². The van der Waals surface area contributed by atoms with Crippen molar-refractivity contribution in [3.8, 4) is 5.75 Å². The maximum absolute atomic E-state index is 12.5. The summed E-state index contributed by atoms with van der Waals surface area (Å²) in [5.41, 5.74) is -2.89. The number of alkyl halides is 4. The molecule has 0 fully saturated rings. The van der Waals surface area contributed by atoms with Gasteiger partial charge in [-0.25, -0.2) is 0 Å². The zero-order chi connectivity index (χ0) is 14.8. The van der Waals surface area contributed by atoms with Crippen molar-refractivity contribution in [3.05, 3.63) is 29.8 Å². The Balaban J connectivity index is 2.87. The maximum Gasteiger partial charge on any atom is 0.416 e. The van der Waals surface area contributed by atoms with Crippen LogP contribution in [-0.4, -0.2) is 11.3 Å². The minimum absolute atomic E-state index is 0.0903. The maximum atomic E-state index is 12.5. The van der Waals surface area contributed by atoms with Gasteiger partial charge < -0.3 is 4.74 Å². The number of ketones is 1. The van der Waals surface area contributed by atoms with E-state index < -0.39 is 28.5 Å². The summed E-state index contributed by atoms with van der Waals surface area (Å²) in [7, 11) is 0. The van der Waals surface area contributed by atoms with Gasteiger partial charge in [-0.15, -0.1) is 0 Å². The van der Waals surface area contributed by atoms with Crippen LogP contribution in [0.4, 0.5) is 13.2 Å².